The van der Waals surface area contributed by atoms with Gasteiger partial charge in [-0.25, -0.2) is 0 Å². The van der Waals surface area contributed by atoms with Gasteiger partial charge in [0.05, 0.1) is 10.6 Å². The topological polar surface area (TPSA) is 33.6 Å². The predicted molar refractivity (Wildman–Crippen MR) is 95.2 cm³/mol. The van der Waals surface area contributed by atoms with Crippen LogP contribution in [0.1, 0.15) is 29.5 Å². The zero-order valence-electron chi connectivity index (χ0n) is 13.3. The summed E-state index contributed by atoms with van der Waals surface area (Å²) in [5.74, 6) is 0. The van der Waals surface area contributed by atoms with Crippen LogP contribution in [0.15, 0.2) is 48.8 Å². The summed E-state index contributed by atoms with van der Waals surface area (Å²) in [5.41, 5.74) is 1.29. The third kappa shape index (κ3) is 2.85. The Labute approximate surface area is 157 Å². The summed E-state index contributed by atoms with van der Waals surface area (Å²) in [6, 6.07) is 11.8. The summed E-state index contributed by atoms with van der Waals surface area (Å²) in [7, 11) is 0. The molecular formula is C18H13ClF3N3S. The molecule has 0 aliphatic heterocycles. The highest BCUT2D eigenvalue weighted by Crippen LogP contribution is 2.54. The Morgan fingerprint density at radius 3 is 2.27 bits per heavy atom. The maximum Gasteiger partial charge on any atom is 0.417 e. The number of rotatable bonds is 3. The molecule has 4 rings (SSSR count). The molecule has 1 aliphatic carbocycles. The summed E-state index contributed by atoms with van der Waals surface area (Å²) < 4.78 is 41.7. The van der Waals surface area contributed by atoms with Crippen molar-refractivity contribution in [1.82, 2.24) is 14.8 Å². The van der Waals surface area contributed by atoms with E-state index in [0.717, 1.165) is 24.1 Å². The number of aromatic nitrogens is 3. The molecule has 26 heavy (non-hydrogen) atoms. The van der Waals surface area contributed by atoms with Gasteiger partial charge in [0, 0.05) is 11.1 Å². The molecule has 1 heterocycles. The second-order valence-corrected chi connectivity index (χ2v) is 7.15. The molecule has 134 valence electrons. The molecule has 1 saturated carbocycles. The average molecular weight is 396 g/mol. The Morgan fingerprint density at radius 2 is 1.73 bits per heavy atom. The fourth-order valence-electron chi connectivity index (χ4n) is 3.28. The molecule has 2 aromatic carbocycles. The Hall–Kier alpha value is -2.12. The Kier molecular flexibility index (Phi) is 3.96. The van der Waals surface area contributed by atoms with E-state index >= 15 is 0 Å². The van der Waals surface area contributed by atoms with Gasteiger partial charge in [-0.3, -0.25) is 9.67 Å². The van der Waals surface area contributed by atoms with E-state index in [1.807, 2.05) is 24.3 Å². The average Bonchev–Trinajstić information content (AvgIpc) is 3.30. The molecule has 0 saturated heterocycles. The van der Waals surface area contributed by atoms with Crippen LogP contribution in [-0.2, 0) is 11.6 Å². The number of hydrogen-bond donors (Lipinski definition) is 1. The lowest BCUT2D eigenvalue weighted by Crippen LogP contribution is -2.12. The van der Waals surface area contributed by atoms with Crippen LogP contribution >= 0.6 is 23.8 Å². The first kappa shape index (κ1) is 17.3. The number of nitrogens with one attached hydrogen (secondary N) is 1. The van der Waals surface area contributed by atoms with Crippen LogP contribution < -0.4 is 0 Å². The molecule has 0 atom stereocenters. The maximum absolute atomic E-state index is 13.2. The van der Waals surface area contributed by atoms with Crippen molar-refractivity contribution in [3.8, 4) is 5.69 Å². The van der Waals surface area contributed by atoms with Crippen molar-refractivity contribution in [2.24, 2.45) is 0 Å². The zero-order valence-corrected chi connectivity index (χ0v) is 14.9. The molecule has 0 bridgehead atoms. The number of halogens is 4. The minimum atomic E-state index is -4.47. The normalized spacial score (nSPS) is 15.8. The van der Waals surface area contributed by atoms with E-state index in [0.29, 0.717) is 10.3 Å². The van der Waals surface area contributed by atoms with Crippen molar-refractivity contribution in [3.63, 3.8) is 0 Å². The summed E-state index contributed by atoms with van der Waals surface area (Å²) in [5, 5.41) is 6.29. The molecule has 8 heteroatoms. The van der Waals surface area contributed by atoms with Crippen LogP contribution in [0.4, 0.5) is 13.2 Å². The lowest BCUT2D eigenvalue weighted by atomic mass is 9.87. The fraction of sp³-hybridized carbons (Fsp3) is 0.222. The molecule has 3 nitrogen and oxygen atoms in total. The molecule has 0 spiro atoms. The highest BCUT2D eigenvalue weighted by molar-refractivity contribution is 7.71. The first-order valence-electron chi connectivity index (χ1n) is 7.91. The molecule has 0 amide bonds. The van der Waals surface area contributed by atoms with Gasteiger partial charge >= 0.3 is 6.18 Å². The van der Waals surface area contributed by atoms with Gasteiger partial charge in [-0.1, -0.05) is 29.8 Å². The second kappa shape index (κ2) is 5.96. The SMILES string of the molecule is FC(F)(F)c1cc(C2(c3ccc(-n4cn[nH]c4=S)cc3)CC2)ccc1Cl. The molecule has 1 aromatic heterocycles. The molecular weight excluding hydrogens is 383 g/mol. The molecule has 3 aromatic rings. The Bertz CT molecular complexity index is 1020. The van der Waals surface area contributed by atoms with Gasteiger partial charge in [-0.15, -0.1) is 0 Å². The van der Waals surface area contributed by atoms with Gasteiger partial charge in [-0.05, 0) is 60.5 Å². The van der Waals surface area contributed by atoms with Crippen molar-refractivity contribution in [3.05, 3.63) is 75.3 Å². The number of hydrogen-bond acceptors (Lipinski definition) is 2. The van der Waals surface area contributed by atoms with E-state index in [4.69, 9.17) is 23.8 Å². The van der Waals surface area contributed by atoms with Crippen molar-refractivity contribution >= 4 is 23.8 Å². The number of benzene rings is 2. The number of nitrogens with zero attached hydrogens (tertiary/aromatic N) is 2. The smallest absolute Gasteiger partial charge is 0.275 e. The van der Waals surface area contributed by atoms with Crippen LogP contribution in [0.2, 0.25) is 5.02 Å². The molecule has 0 unspecified atom stereocenters. The largest absolute Gasteiger partial charge is 0.417 e. The van der Waals surface area contributed by atoms with Gasteiger partial charge in [0.1, 0.15) is 6.33 Å². The van der Waals surface area contributed by atoms with Gasteiger partial charge < -0.3 is 0 Å². The lowest BCUT2D eigenvalue weighted by molar-refractivity contribution is -0.137. The standard InChI is InChI=1S/C18H13ClF3N3S/c19-15-6-3-12(9-14(15)18(20,21)22)17(7-8-17)11-1-4-13(5-2-11)25-10-23-24-16(25)26/h1-6,9-10H,7-8H2,(H,24,26). The third-order valence-electron chi connectivity index (χ3n) is 4.82. The second-order valence-electron chi connectivity index (χ2n) is 6.35. The molecule has 1 N–H and O–H groups in total. The van der Waals surface area contributed by atoms with Crippen LogP contribution in [0.3, 0.4) is 0 Å². The zero-order chi connectivity index (χ0) is 18.5. The maximum atomic E-state index is 13.2. The summed E-state index contributed by atoms with van der Waals surface area (Å²) in [6.45, 7) is 0. The van der Waals surface area contributed by atoms with E-state index in [1.165, 1.54) is 12.1 Å². The first-order valence-corrected chi connectivity index (χ1v) is 8.70. The quantitative estimate of drug-likeness (QED) is 0.578. The molecule has 1 fully saturated rings. The van der Waals surface area contributed by atoms with Crippen molar-refractivity contribution in [2.75, 3.05) is 0 Å². The minimum absolute atomic E-state index is 0.276. The van der Waals surface area contributed by atoms with Crippen LogP contribution in [-0.4, -0.2) is 14.8 Å². The van der Waals surface area contributed by atoms with E-state index in [-0.39, 0.29) is 10.4 Å². The predicted octanol–water partition coefficient (Wildman–Crippen LogP) is 5.68. The monoisotopic (exact) mass is 395 g/mol. The van der Waals surface area contributed by atoms with Crippen molar-refractivity contribution < 1.29 is 13.2 Å². The summed E-state index contributed by atoms with van der Waals surface area (Å²) >= 11 is 10.9. The lowest BCUT2D eigenvalue weighted by Gasteiger charge is -2.19. The van der Waals surface area contributed by atoms with Crippen LogP contribution in [0.5, 0.6) is 0 Å². The Balaban J connectivity index is 1.72. The highest BCUT2D eigenvalue weighted by atomic mass is 35.5. The minimum Gasteiger partial charge on any atom is -0.275 e. The van der Waals surface area contributed by atoms with Crippen molar-refractivity contribution in [2.45, 2.75) is 24.4 Å². The number of aromatic amines is 1. The fourth-order valence-corrected chi connectivity index (χ4v) is 3.71. The molecule has 0 radical (unpaired) electrons. The van der Waals surface area contributed by atoms with E-state index in [9.17, 15) is 13.2 Å². The van der Waals surface area contributed by atoms with Gasteiger partial charge in [0.2, 0.25) is 0 Å². The Morgan fingerprint density at radius 1 is 1.08 bits per heavy atom. The third-order valence-corrected chi connectivity index (χ3v) is 5.44. The van der Waals surface area contributed by atoms with Crippen LogP contribution in [0.25, 0.3) is 5.69 Å². The summed E-state index contributed by atoms with van der Waals surface area (Å²) in [6.07, 6.45) is -1.28. The first-order chi connectivity index (χ1) is 12.3. The van der Waals surface area contributed by atoms with E-state index in [2.05, 4.69) is 10.2 Å². The van der Waals surface area contributed by atoms with Crippen molar-refractivity contribution in [1.29, 1.82) is 0 Å². The van der Waals surface area contributed by atoms with E-state index < -0.39 is 11.7 Å². The van der Waals surface area contributed by atoms with Gasteiger partial charge in [-0.2, -0.15) is 18.3 Å². The van der Waals surface area contributed by atoms with Gasteiger partial charge in [0.25, 0.3) is 0 Å². The molecule has 1 aliphatic rings. The van der Waals surface area contributed by atoms with E-state index in [1.54, 1.807) is 17.0 Å². The number of H-pyrrole nitrogens is 1. The van der Waals surface area contributed by atoms with Gasteiger partial charge in [0.15, 0.2) is 4.77 Å². The number of alkyl halides is 3. The van der Waals surface area contributed by atoms with Crippen LogP contribution in [0, 0.1) is 4.77 Å². The highest BCUT2D eigenvalue weighted by Gasteiger charge is 2.47. The summed E-state index contributed by atoms with van der Waals surface area (Å²) in [4.78, 5) is 0.